The van der Waals surface area contributed by atoms with Gasteiger partial charge in [0.1, 0.15) is 0 Å². The quantitative estimate of drug-likeness (QED) is 0.651. The predicted molar refractivity (Wildman–Crippen MR) is 80.3 cm³/mol. The minimum atomic E-state index is 0.139. The van der Waals surface area contributed by atoms with Crippen LogP contribution in [0.25, 0.3) is 6.08 Å². The van der Waals surface area contributed by atoms with Crippen LogP contribution in [0.2, 0.25) is 0 Å². The van der Waals surface area contributed by atoms with Crippen molar-refractivity contribution in [2.45, 2.75) is 38.3 Å². The first kappa shape index (κ1) is 12.8. The molecule has 92 valence electrons. The van der Waals surface area contributed by atoms with E-state index in [9.17, 15) is 0 Å². The Labute approximate surface area is 107 Å². The number of hydrogen-bond acceptors (Lipinski definition) is 0. The minimum absolute atomic E-state index is 0.139. The molecule has 0 spiro atoms. The van der Waals surface area contributed by atoms with Crippen molar-refractivity contribution in [2.24, 2.45) is 0 Å². The van der Waals surface area contributed by atoms with Gasteiger partial charge >= 0.3 is 0 Å². The standard InChI is InChI=1S/C16H23P/c1-16(2,3)17(4)12-11-14-10-9-13-7-5-6-8-15(13)14/h5-10,14H,11-12H2,1-4H3. The molecule has 2 atom stereocenters. The normalized spacial score (nSPS) is 20.4. The van der Waals surface area contributed by atoms with Gasteiger partial charge in [0.2, 0.25) is 0 Å². The molecule has 2 unspecified atom stereocenters. The van der Waals surface area contributed by atoms with Gasteiger partial charge in [0, 0.05) is 5.92 Å². The van der Waals surface area contributed by atoms with Crippen LogP contribution in [0.5, 0.6) is 0 Å². The smallest absolute Gasteiger partial charge is 0.00305 e. The summed E-state index contributed by atoms with van der Waals surface area (Å²) in [5, 5.41) is 0.497. The number of benzene rings is 1. The highest BCUT2D eigenvalue weighted by Gasteiger charge is 2.22. The van der Waals surface area contributed by atoms with E-state index in [1.807, 2.05) is 0 Å². The second kappa shape index (κ2) is 4.94. The van der Waals surface area contributed by atoms with Gasteiger partial charge in [0.15, 0.2) is 0 Å². The molecule has 0 heterocycles. The Bertz CT molecular complexity index is 412. The van der Waals surface area contributed by atoms with E-state index in [-0.39, 0.29) is 7.92 Å². The Morgan fingerprint density at radius 1 is 1.18 bits per heavy atom. The summed E-state index contributed by atoms with van der Waals surface area (Å²) in [5.74, 6) is 0.665. The summed E-state index contributed by atoms with van der Waals surface area (Å²) in [6.07, 6.45) is 7.36. The lowest BCUT2D eigenvalue weighted by molar-refractivity contribution is 0.763. The molecule has 0 aliphatic heterocycles. The first-order valence-electron chi connectivity index (χ1n) is 6.47. The van der Waals surface area contributed by atoms with E-state index >= 15 is 0 Å². The average Bonchev–Trinajstić information content (AvgIpc) is 2.68. The predicted octanol–water partition coefficient (Wildman–Crippen LogP) is 5.10. The third-order valence-electron chi connectivity index (χ3n) is 3.82. The molecule has 0 saturated heterocycles. The number of hydrogen-bond donors (Lipinski definition) is 0. The molecule has 2 rings (SSSR count). The van der Waals surface area contributed by atoms with Crippen LogP contribution in [0.15, 0.2) is 30.3 Å². The monoisotopic (exact) mass is 246 g/mol. The first-order chi connectivity index (χ1) is 7.98. The zero-order valence-corrected chi connectivity index (χ0v) is 12.3. The van der Waals surface area contributed by atoms with E-state index in [0.717, 1.165) is 0 Å². The Morgan fingerprint density at radius 3 is 2.59 bits per heavy atom. The molecule has 0 fully saturated rings. The van der Waals surface area contributed by atoms with Gasteiger partial charge in [-0.3, -0.25) is 0 Å². The molecule has 0 amide bonds. The fourth-order valence-electron chi connectivity index (χ4n) is 2.24. The molecule has 1 aromatic rings. The van der Waals surface area contributed by atoms with Gasteiger partial charge in [0.05, 0.1) is 0 Å². The molecule has 0 radical (unpaired) electrons. The Hall–Kier alpha value is -0.610. The van der Waals surface area contributed by atoms with Crippen molar-refractivity contribution in [3.63, 3.8) is 0 Å². The summed E-state index contributed by atoms with van der Waals surface area (Å²) in [6, 6.07) is 8.81. The maximum atomic E-state index is 2.44. The number of fused-ring (bicyclic) bond motifs is 1. The summed E-state index contributed by atoms with van der Waals surface area (Å²) in [5.41, 5.74) is 2.96. The third kappa shape index (κ3) is 2.99. The van der Waals surface area contributed by atoms with E-state index in [1.54, 1.807) is 0 Å². The topological polar surface area (TPSA) is 0 Å². The molecular weight excluding hydrogens is 223 g/mol. The molecule has 0 nitrogen and oxygen atoms in total. The summed E-state index contributed by atoms with van der Waals surface area (Å²) in [7, 11) is 0.139. The summed E-state index contributed by atoms with van der Waals surface area (Å²) in [4.78, 5) is 0. The SMILES string of the molecule is CP(CCC1C=Cc2ccccc21)C(C)(C)C. The average molecular weight is 246 g/mol. The fraction of sp³-hybridized carbons (Fsp3) is 0.500. The van der Waals surface area contributed by atoms with Crippen LogP contribution in [-0.4, -0.2) is 18.0 Å². The largest absolute Gasteiger partial charge is 0.104 e. The molecule has 0 aromatic heterocycles. The third-order valence-corrected chi connectivity index (χ3v) is 7.04. The zero-order chi connectivity index (χ0) is 12.5. The second-order valence-electron chi connectivity index (χ2n) is 5.98. The van der Waals surface area contributed by atoms with E-state index in [0.29, 0.717) is 11.1 Å². The second-order valence-corrected chi connectivity index (χ2v) is 9.16. The zero-order valence-electron chi connectivity index (χ0n) is 11.4. The maximum Gasteiger partial charge on any atom is 0.00305 e. The van der Waals surface area contributed by atoms with Crippen molar-refractivity contribution in [1.82, 2.24) is 0 Å². The lowest BCUT2D eigenvalue weighted by Gasteiger charge is -2.28. The lowest BCUT2D eigenvalue weighted by atomic mass is 9.99. The van der Waals surface area contributed by atoms with Crippen molar-refractivity contribution < 1.29 is 0 Å². The van der Waals surface area contributed by atoms with Crippen LogP contribution in [-0.2, 0) is 0 Å². The van der Waals surface area contributed by atoms with Crippen LogP contribution in [0.3, 0.4) is 0 Å². The van der Waals surface area contributed by atoms with Crippen LogP contribution in [0, 0.1) is 0 Å². The molecule has 0 N–H and O–H groups in total. The van der Waals surface area contributed by atoms with Gasteiger partial charge < -0.3 is 0 Å². The first-order valence-corrected chi connectivity index (χ1v) is 8.44. The van der Waals surface area contributed by atoms with Crippen molar-refractivity contribution >= 4 is 14.0 Å². The molecule has 1 heteroatoms. The highest BCUT2D eigenvalue weighted by Crippen LogP contribution is 2.48. The Morgan fingerprint density at radius 2 is 1.88 bits per heavy atom. The van der Waals surface area contributed by atoms with Crippen LogP contribution in [0.1, 0.15) is 44.2 Å². The maximum absolute atomic E-state index is 2.44. The molecular formula is C16H23P. The van der Waals surface area contributed by atoms with Crippen molar-refractivity contribution in [3.05, 3.63) is 41.5 Å². The molecule has 0 bridgehead atoms. The molecule has 1 aliphatic rings. The molecule has 17 heavy (non-hydrogen) atoms. The van der Waals surface area contributed by atoms with Gasteiger partial charge in [-0.15, -0.1) is 7.92 Å². The summed E-state index contributed by atoms with van der Waals surface area (Å²) >= 11 is 0. The van der Waals surface area contributed by atoms with Crippen molar-refractivity contribution in [3.8, 4) is 0 Å². The van der Waals surface area contributed by atoms with Gasteiger partial charge in [-0.2, -0.15) is 0 Å². The molecule has 0 saturated carbocycles. The lowest BCUT2D eigenvalue weighted by Crippen LogP contribution is -2.13. The van der Waals surface area contributed by atoms with Crippen LogP contribution >= 0.6 is 7.92 Å². The van der Waals surface area contributed by atoms with E-state index in [2.05, 4.69) is 63.9 Å². The Balaban J connectivity index is 1.97. The van der Waals surface area contributed by atoms with Crippen LogP contribution < -0.4 is 0 Å². The van der Waals surface area contributed by atoms with Gasteiger partial charge in [-0.1, -0.05) is 57.2 Å². The summed E-state index contributed by atoms with van der Waals surface area (Å²) in [6.45, 7) is 9.56. The van der Waals surface area contributed by atoms with Gasteiger partial charge in [-0.25, -0.2) is 0 Å². The van der Waals surface area contributed by atoms with Gasteiger partial charge in [-0.05, 0) is 35.5 Å². The van der Waals surface area contributed by atoms with Crippen LogP contribution in [0.4, 0.5) is 0 Å². The molecule has 1 aliphatic carbocycles. The van der Waals surface area contributed by atoms with Crippen molar-refractivity contribution in [2.75, 3.05) is 12.8 Å². The minimum Gasteiger partial charge on any atom is -0.104 e. The van der Waals surface area contributed by atoms with E-state index in [4.69, 9.17) is 0 Å². The highest BCUT2D eigenvalue weighted by atomic mass is 31.1. The summed E-state index contributed by atoms with van der Waals surface area (Å²) < 4.78 is 0. The number of allylic oxidation sites excluding steroid dienone is 1. The molecule has 1 aromatic carbocycles. The fourth-order valence-corrected chi connectivity index (χ4v) is 3.58. The van der Waals surface area contributed by atoms with Gasteiger partial charge in [0.25, 0.3) is 0 Å². The Kier molecular flexibility index (Phi) is 3.73. The van der Waals surface area contributed by atoms with Crippen molar-refractivity contribution in [1.29, 1.82) is 0 Å². The highest BCUT2D eigenvalue weighted by molar-refractivity contribution is 7.58. The van der Waals surface area contributed by atoms with E-state index < -0.39 is 0 Å². The van der Waals surface area contributed by atoms with E-state index in [1.165, 1.54) is 23.7 Å². The number of rotatable bonds is 3.